The van der Waals surface area contributed by atoms with Crippen LogP contribution in [0.3, 0.4) is 0 Å². The van der Waals surface area contributed by atoms with Crippen molar-refractivity contribution in [3.8, 4) is 0 Å². The van der Waals surface area contributed by atoms with Crippen LogP contribution in [0.4, 0.5) is 0 Å². The highest BCUT2D eigenvalue weighted by molar-refractivity contribution is 7.99. The van der Waals surface area contributed by atoms with Crippen LogP contribution in [0, 0.1) is 6.92 Å². The Balaban J connectivity index is 2.76. The third kappa shape index (κ3) is 3.29. The normalized spacial score (nSPS) is 12.2. The van der Waals surface area contributed by atoms with Crippen molar-refractivity contribution >= 4 is 23.6 Å². The van der Waals surface area contributed by atoms with E-state index in [1.54, 1.807) is 14.0 Å². The lowest BCUT2D eigenvalue weighted by Gasteiger charge is -2.18. The summed E-state index contributed by atoms with van der Waals surface area (Å²) in [6.07, 6.45) is 1.87. The highest BCUT2D eigenvalue weighted by Gasteiger charge is 2.19. The van der Waals surface area contributed by atoms with E-state index in [1.807, 2.05) is 13.2 Å². The van der Waals surface area contributed by atoms with Crippen LogP contribution in [0.25, 0.3) is 0 Å². The van der Waals surface area contributed by atoms with E-state index in [0.717, 1.165) is 0 Å². The molecule has 1 aromatic heterocycles. The minimum atomic E-state index is -1.02. The summed E-state index contributed by atoms with van der Waals surface area (Å²) < 4.78 is 5.33. The van der Waals surface area contributed by atoms with Gasteiger partial charge in [0.15, 0.2) is 0 Å². The third-order valence-electron chi connectivity index (χ3n) is 2.67. The first kappa shape index (κ1) is 14.6. The van der Waals surface area contributed by atoms with Crippen molar-refractivity contribution in [2.24, 2.45) is 0 Å². The van der Waals surface area contributed by atoms with Crippen molar-refractivity contribution < 1.29 is 19.1 Å². The van der Waals surface area contributed by atoms with E-state index in [9.17, 15) is 9.59 Å². The Morgan fingerprint density at radius 1 is 1.56 bits per heavy atom. The van der Waals surface area contributed by atoms with Crippen LogP contribution in [0.5, 0.6) is 0 Å². The maximum absolute atomic E-state index is 11.9. The van der Waals surface area contributed by atoms with Crippen LogP contribution in [-0.2, 0) is 11.3 Å². The van der Waals surface area contributed by atoms with Gasteiger partial charge in [0, 0.05) is 7.05 Å². The number of hydrogen-bond acceptors (Lipinski definition) is 4. The van der Waals surface area contributed by atoms with Gasteiger partial charge in [0.05, 0.1) is 11.8 Å². The monoisotopic (exact) mass is 271 g/mol. The predicted molar refractivity (Wildman–Crippen MR) is 69.9 cm³/mol. The number of rotatable bonds is 5. The summed E-state index contributed by atoms with van der Waals surface area (Å²) in [5, 5.41) is 8.78. The number of thioether (sulfide) groups is 1. The lowest BCUT2D eigenvalue weighted by atomic mass is 10.2. The van der Waals surface area contributed by atoms with Gasteiger partial charge in [-0.15, -0.1) is 0 Å². The van der Waals surface area contributed by atoms with Crippen LogP contribution in [0.2, 0.25) is 0 Å². The molecule has 18 heavy (non-hydrogen) atoms. The van der Waals surface area contributed by atoms with Crippen LogP contribution in [-0.4, -0.2) is 40.4 Å². The molecule has 0 fully saturated rings. The van der Waals surface area contributed by atoms with Crippen molar-refractivity contribution in [1.29, 1.82) is 0 Å². The number of amides is 1. The largest absolute Gasteiger partial charge is 0.478 e. The number of aryl methyl sites for hydroxylation is 1. The zero-order valence-corrected chi connectivity index (χ0v) is 11.7. The molecule has 0 aromatic carbocycles. The summed E-state index contributed by atoms with van der Waals surface area (Å²) in [5.74, 6) is -0.187. The number of carboxylic acids is 1. The number of nitrogens with zero attached hydrogens (tertiary/aromatic N) is 1. The summed E-state index contributed by atoms with van der Waals surface area (Å²) in [6.45, 7) is 3.71. The second-order valence-corrected chi connectivity index (χ2v) is 5.24. The van der Waals surface area contributed by atoms with Gasteiger partial charge in [-0.3, -0.25) is 4.79 Å². The molecule has 6 heteroatoms. The van der Waals surface area contributed by atoms with Gasteiger partial charge in [0.1, 0.15) is 17.1 Å². The molecule has 1 atom stereocenters. The SMILES string of the molecule is CS[C@@H](C)C(=O)N(C)Cc1cc(C(=O)O)c(C)o1. The van der Waals surface area contributed by atoms with E-state index in [-0.39, 0.29) is 23.3 Å². The Labute approximate surface area is 110 Å². The number of carboxylic acid groups (broad SMARTS) is 1. The molecule has 1 heterocycles. The molecule has 5 nitrogen and oxygen atoms in total. The molecule has 100 valence electrons. The number of carbonyl (C=O) groups is 2. The number of aromatic carboxylic acids is 1. The Hall–Kier alpha value is -1.43. The molecular weight excluding hydrogens is 254 g/mol. The Kier molecular flexibility index (Phi) is 4.84. The predicted octanol–water partition coefficient (Wildman–Crippen LogP) is 2.00. The van der Waals surface area contributed by atoms with Crippen LogP contribution in [0.15, 0.2) is 10.5 Å². The molecule has 0 radical (unpaired) electrons. The zero-order valence-electron chi connectivity index (χ0n) is 10.9. The third-order valence-corrected chi connectivity index (χ3v) is 3.58. The van der Waals surface area contributed by atoms with Gasteiger partial charge in [-0.05, 0) is 26.2 Å². The summed E-state index contributed by atoms with van der Waals surface area (Å²) in [5.41, 5.74) is 0.142. The molecule has 0 bridgehead atoms. The van der Waals surface area contributed by atoms with Gasteiger partial charge in [0.25, 0.3) is 0 Å². The van der Waals surface area contributed by atoms with Crippen molar-refractivity contribution in [3.05, 3.63) is 23.2 Å². The molecule has 1 rings (SSSR count). The Bertz CT molecular complexity index is 455. The first-order valence-electron chi connectivity index (χ1n) is 5.47. The molecule has 0 saturated heterocycles. The van der Waals surface area contributed by atoms with Gasteiger partial charge in [-0.2, -0.15) is 11.8 Å². The van der Waals surface area contributed by atoms with E-state index in [4.69, 9.17) is 9.52 Å². The molecule has 0 aliphatic carbocycles. The van der Waals surface area contributed by atoms with Crippen molar-refractivity contribution in [1.82, 2.24) is 4.90 Å². The molecule has 0 saturated carbocycles. The fourth-order valence-electron chi connectivity index (χ4n) is 1.56. The van der Waals surface area contributed by atoms with Gasteiger partial charge in [0.2, 0.25) is 5.91 Å². The van der Waals surface area contributed by atoms with Crippen molar-refractivity contribution in [2.45, 2.75) is 25.6 Å². The summed E-state index contributed by atoms with van der Waals surface area (Å²) in [7, 11) is 1.67. The van der Waals surface area contributed by atoms with E-state index in [1.165, 1.54) is 22.7 Å². The van der Waals surface area contributed by atoms with E-state index < -0.39 is 5.97 Å². The minimum absolute atomic E-state index is 0.00609. The van der Waals surface area contributed by atoms with Gasteiger partial charge < -0.3 is 14.4 Å². The smallest absolute Gasteiger partial charge is 0.339 e. The second-order valence-electron chi connectivity index (χ2n) is 4.06. The topological polar surface area (TPSA) is 70.8 Å². The standard InChI is InChI=1S/C12H17NO4S/c1-7-10(12(15)16)5-9(17-7)6-13(3)11(14)8(2)18-4/h5,8H,6H2,1-4H3,(H,15,16)/t8-/m0/s1. The number of furan rings is 1. The molecule has 0 unspecified atom stereocenters. The fourth-order valence-corrected chi connectivity index (χ4v) is 1.94. The van der Waals surface area contributed by atoms with Crippen LogP contribution < -0.4 is 0 Å². The molecule has 0 aliphatic heterocycles. The van der Waals surface area contributed by atoms with Crippen LogP contribution >= 0.6 is 11.8 Å². The highest BCUT2D eigenvalue weighted by Crippen LogP contribution is 2.17. The highest BCUT2D eigenvalue weighted by atomic mass is 32.2. The van der Waals surface area contributed by atoms with Gasteiger partial charge in [-0.25, -0.2) is 4.79 Å². The molecule has 0 aliphatic rings. The first-order valence-corrected chi connectivity index (χ1v) is 6.76. The van der Waals surface area contributed by atoms with Crippen LogP contribution in [0.1, 0.15) is 28.8 Å². The zero-order chi connectivity index (χ0) is 13.9. The summed E-state index contributed by atoms with van der Waals surface area (Å²) in [4.78, 5) is 24.2. The van der Waals surface area contributed by atoms with Gasteiger partial charge >= 0.3 is 5.97 Å². The lowest BCUT2D eigenvalue weighted by molar-refractivity contribution is -0.129. The number of carbonyl (C=O) groups excluding carboxylic acids is 1. The van der Waals surface area contributed by atoms with Crippen molar-refractivity contribution in [3.63, 3.8) is 0 Å². The molecule has 1 amide bonds. The molecule has 1 aromatic rings. The lowest BCUT2D eigenvalue weighted by Crippen LogP contribution is -2.32. The second kappa shape index (κ2) is 5.95. The van der Waals surface area contributed by atoms with E-state index >= 15 is 0 Å². The summed E-state index contributed by atoms with van der Waals surface area (Å²) >= 11 is 1.47. The molecular formula is C12H17NO4S. The molecule has 0 spiro atoms. The number of hydrogen-bond donors (Lipinski definition) is 1. The van der Waals surface area contributed by atoms with Gasteiger partial charge in [-0.1, -0.05) is 0 Å². The van der Waals surface area contributed by atoms with Crippen molar-refractivity contribution in [2.75, 3.05) is 13.3 Å². The Morgan fingerprint density at radius 2 is 2.17 bits per heavy atom. The average molecular weight is 271 g/mol. The maximum Gasteiger partial charge on any atom is 0.339 e. The summed E-state index contributed by atoms with van der Waals surface area (Å²) in [6, 6.07) is 1.46. The minimum Gasteiger partial charge on any atom is -0.478 e. The maximum atomic E-state index is 11.9. The quantitative estimate of drug-likeness (QED) is 0.887. The van der Waals surface area contributed by atoms with E-state index in [2.05, 4.69) is 0 Å². The Morgan fingerprint density at radius 3 is 2.61 bits per heavy atom. The average Bonchev–Trinajstić information content (AvgIpc) is 2.68. The molecule has 1 N–H and O–H groups in total. The van der Waals surface area contributed by atoms with E-state index in [0.29, 0.717) is 11.5 Å². The fraction of sp³-hybridized carbons (Fsp3) is 0.500. The first-order chi connectivity index (χ1) is 8.36.